The number of methoxy groups -OCH3 is 1. The average Bonchev–Trinajstić information content (AvgIpc) is 2.88. The fourth-order valence-electron chi connectivity index (χ4n) is 5.45. The molecule has 0 amide bonds. The summed E-state index contributed by atoms with van der Waals surface area (Å²) in [6.45, 7) is 5.31. The topological polar surface area (TPSA) is 62.7 Å². The molecular formula is C30H38N2O3S. The van der Waals surface area contributed by atoms with E-state index in [0.717, 1.165) is 68.8 Å². The molecule has 2 unspecified atom stereocenters. The van der Waals surface area contributed by atoms with Gasteiger partial charge < -0.3 is 14.7 Å². The summed E-state index contributed by atoms with van der Waals surface area (Å²) in [5.74, 6) is 2.29. The third-order valence-electron chi connectivity index (χ3n) is 7.43. The fourth-order valence-corrected chi connectivity index (χ4v) is 6.48. The Morgan fingerprint density at radius 3 is 2.86 bits per heavy atom. The number of aromatic nitrogens is 1. The third kappa shape index (κ3) is 7.47. The van der Waals surface area contributed by atoms with Gasteiger partial charge in [-0.05, 0) is 99.4 Å². The number of fused-ring (bicyclic) bond motifs is 1. The minimum atomic E-state index is -0.682. The number of carboxylic acids is 1. The Morgan fingerprint density at radius 1 is 1.17 bits per heavy atom. The average molecular weight is 507 g/mol. The lowest BCUT2D eigenvalue weighted by Gasteiger charge is -2.39. The Hall–Kier alpha value is -2.57. The van der Waals surface area contributed by atoms with Crippen LogP contribution in [0.1, 0.15) is 43.2 Å². The molecule has 0 bridgehead atoms. The van der Waals surface area contributed by atoms with Gasteiger partial charge in [0.15, 0.2) is 0 Å². The van der Waals surface area contributed by atoms with Crippen LogP contribution in [-0.4, -0.2) is 53.5 Å². The van der Waals surface area contributed by atoms with E-state index < -0.39 is 5.97 Å². The van der Waals surface area contributed by atoms with E-state index in [0.29, 0.717) is 11.8 Å². The van der Waals surface area contributed by atoms with Gasteiger partial charge in [-0.3, -0.25) is 9.78 Å². The van der Waals surface area contributed by atoms with Crippen molar-refractivity contribution < 1.29 is 14.6 Å². The number of piperidine rings is 1. The molecule has 1 fully saturated rings. The molecule has 0 saturated carbocycles. The predicted octanol–water partition coefficient (Wildman–Crippen LogP) is 6.47. The monoisotopic (exact) mass is 506 g/mol. The van der Waals surface area contributed by atoms with E-state index in [4.69, 9.17) is 4.74 Å². The first-order valence-electron chi connectivity index (χ1n) is 13.1. The Labute approximate surface area is 219 Å². The van der Waals surface area contributed by atoms with Gasteiger partial charge in [0.05, 0.1) is 12.6 Å². The first kappa shape index (κ1) is 26.5. The summed E-state index contributed by atoms with van der Waals surface area (Å²) in [6, 6.07) is 16.9. The largest absolute Gasteiger partial charge is 0.497 e. The number of hydrogen-bond acceptors (Lipinski definition) is 5. The van der Waals surface area contributed by atoms with Crippen LogP contribution in [0.25, 0.3) is 10.9 Å². The van der Waals surface area contributed by atoms with Crippen molar-refractivity contribution in [2.24, 2.45) is 11.8 Å². The zero-order valence-electron chi connectivity index (χ0n) is 21.5. The van der Waals surface area contributed by atoms with Crippen molar-refractivity contribution in [3.05, 3.63) is 65.9 Å². The van der Waals surface area contributed by atoms with Crippen LogP contribution < -0.4 is 4.74 Å². The number of hydrogen-bond donors (Lipinski definition) is 1. The highest BCUT2D eigenvalue weighted by Gasteiger charge is 2.29. The zero-order valence-corrected chi connectivity index (χ0v) is 22.3. The van der Waals surface area contributed by atoms with Crippen molar-refractivity contribution in [1.82, 2.24) is 9.88 Å². The lowest BCUT2D eigenvalue weighted by atomic mass is 9.79. The number of ether oxygens (including phenoxy) is 1. The molecular weight excluding hydrogens is 468 g/mol. The van der Waals surface area contributed by atoms with Crippen LogP contribution in [0, 0.1) is 18.8 Å². The quantitative estimate of drug-likeness (QED) is 0.284. The highest BCUT2D eigenvalue weighted by Crippen LogP contribution is 2.33. The molecule has 192 valence electrons. The molecule has 1 aliphatic heterocycles. The molecule has 6 heteroatoms. The van der Waals surface area contributed by atoms with E-state index in [-0.39, 0.29) is 6.42 Å². The van der Waals surface area contributed by atoms with Crippen LogP contribution in [0.4, 0.5) is 0 Å². The van der Waals surface area contributed by atoms with Gasteiger partial charge in [-0.2, -0.15) is 0 Å². The summed E-state index contributed by atoms with van der Waals surface area (Å²) in [6.07, 6.45) is 7.35. The first-order valence-corrected chi connectivity index (χ1v) is 14.1. The number of benzene rings is 2. The SMILES string of the molecule is COc1ccc2nccc(CCCC3CCN(CCSc4cccc(C)c4)CC3CCC(=O)O)c2c1. The number of likely N-dealkylation sites (tertiary alicyclic amines) is 1. The molecule has 0 aliphatic carbocycles. The molecule has 0 radical (unpaired) electrons. The Balaban J connectivity index is 1.31. The fraction of sp³-hybridized carbons (Fsp3) is 0.467. The van der Waals surface area contributed by atoms with Crippen LogP contribution in [0.3, 0.4) is 0 Å². The summed E-state index contributed by atoms with van der Waals surface area (Å²) in [7, 11) is 1.70. The Morgan fingerprint density at radius 2 is 2.06 bits per heavy atom. The summed E-state index contributed by atoms with van der Waals surface area (Å²) in [5, 5.41) is 10.5. The van der Waals surface area contributed by atoms with Gasteiger partial charge in [-0.25, -0.2) is 0 Å². The van der Waals surface area contributed by atoms with Crippen molar-refractivity contribution in [3.8, 4) is 5.75 Å². The van der Waals surface area contributed by atoms with Crippen LogP contribution in [0.15, 0.2) is 59.6 Å². The van der Waals surface area contributed by atoms with Crippen LogP contribution >= 0.6 is 11.8 Å². The smallest absolute Gasteiger partial charge is 0.303 e. The second-order valence-electron chi connectivity index (χ2n) is 9.95. The predicted molar refractivity (Wildman–Crippen MR) is 148 cm³/mol. The number of aliphatic carboxylic acids is 1. The van der Waals surface area contributed by atoms with Crippen molar-refractivity contribution >= 4 is 28.6 Å². The highest BCUT2D eigenvalue weighted by molar-refractivity contribution is 7.99. The molecule has 0 spiro atoms. The summed E-state index contributed by atoms with van der Waals surface area (Å²) in [5.41, 5.74) is 3.62. The molecule has 4 rings (SSSR count). The van der Waals surface area contributed by atoms with Gasteiger partial charge in [0, 0.05) is 41.7 Å². The van der Waals surface area contributed by atoms with Crippen LogP contribution in [-0.2, 0) is 11.2 Å². The molecule has 1 aliphatic rings. The van der Waals surface area contributed by atoms with E-state index in [2.05, 4.69) is 53.2 Å². The zero-order chi connectivity index (χ0) is 25.3. The minimum Gasteiger partial charge on any atom is -0.497 e. The van der Waals surface area contributed by atoms with Gasteiger partial charge in [0.2, 0.25) is 0 Å². The van der Waals surface area contributed by atoms with Crippen molar-refractivity contribution in [2.75, 3.05) is 32.5 Å². The van der Waals surface area contributed by atoms with Crippen molar-refractivity contribution in [2.45, 2.75) is 50.3 Å². The van der Waals surface area contributed by atoms with Crippen molar-refractivity contribution in [3.63, 3.8) is 0 Å². The third-order valence-corrected chi connectivity index (χ3v) is 8.40. The van der Waals surface area contributed by atoms with Gasteiger partial charge in [-0.15, -0.1) is 11.8 Å². The molecule has 3 aromatic rings. The standard InChI is InChI=1S/C30H38N2O3S/c1-22-5-3-8-27(19-22)36-18-17-32-16-14-23(25(21-32)9-12-30(33)34)6-4-7-24-13-15-31-29-11-10-26(35-2)20-28(24)29/h3,5,8,10-11,13,15,19-20,23,25H,4,6-7,9,12,14,16-18,21H2,1-2H3,(H,33,34). The summed E-state index contributed by atoms with van der Waals surface area (Å²) < 4.78 is 5.42. The van der Waals surface area contributed by atoms with Crippen LogP contribution in [0.5, 0.6) is 5.75 Å². The van der Waals surface area contributed by atoms with Crippen molar-refractivity contribution in [1.29, 1.82) is 0 Å². The number of carboxylic acid groups (broad SMARTS) is 1. The van der Waals surface area contributed by atoms with Gasteiger partial charge in [-0.1, -0.05) is 17.7 Å². The Kier molecular flexibility index (Phi) is 9.65. The lowest BCUT2D eigenvalue weighted by Crippen LogP contribution is -2.41. The Bertz CT molecular complexity index is 1150. The molecule has 1 saturated heterocycles. The van der Waals surface area contributed by atoms with E-state index in [9.17, 15) is 9.90 Å². The van der Waals surface area contributed by atoms with Crippen LogP contribution in [0.2, 0.25) is 0 Å². The van der Waals surface area contributed by atoms with E-state index >= 15 is 0 Å². The number of pyridine rings is 1. The molecule has 2 aromatic carbocycles. The number of aryl methyl sites for hydroxylation is 2. The first-order chi connectivity index (χ1) is 17.5. The second-order valence-corrected chi connectivity index (χ2v) is 11.1. The lowest BCUT2D eigenvalue weighted by molar-refractivity contribution is -0.137. The van der Waals surface area contributed by atoms with E-state index in [1.54, 1.807) is 7.11 Å². The number of rotatable bonds is 12. The molecule has 1 aromatic heterocycles. The molecule has 36 heavy (non-hydrogen) atoms. The number of carbonyl (C=O) groups is 1. The molecule has 1 N–H and O–H groups in total. The maximum absolute atomic E-state index is 11.3. The maximum Gasteiger partial charge on any atom is 0.303 e. The number of nitrogens with zero attached hydrogens (tertiary/aromatic N) is 2. The molecule has 5 nitrogen and oxygen atoms in total. The highest BCUT2D eigenvalue weighted by atomic mass is 32.2. The minimum absolute atomic E-state index is 0.266. The molecule has 2 atom stereocenters. The van der Waals surface area contributed by atoms with E-state index in [1.165, 1.54) is 21.4 Å². The summed E-state index contributed by atoms with van der Waals surface area (Å²) in [4.78, 5) is 19.7. The van der Waals surface area contributed by atoms with E-state index in [1.807, 2.05) is 30.1 Å². The van der Waals surface area contributed by atoms with Gasteiger partial charge in [0.25, 0.3) is 0 Å². The van der Waals surface area contributed by atoms with Gasteiger partial charge in [0.1, 0.15) is 5.75 Å². The van der Waals surface area contributed by atoms with Gasteiger partial charge >= 0.3 is 5.97 Å². The molecule has 2 heterocycles. The maximum atomic E-state index is 11.3. The second kappa shape index (κ2) is 13.1. The summed E-state index contributed by atoms with van der Waals surface area (Å²) >= 11 is 1.91. The normalized spacial score (nSPS) is 18.4. The number of thioether (sulfide) groups is 1.